The molecule has 0 fully saturated rings. The van der Waals surface area contributed by atoms with E-state index in [1.54, 1.807) is 7.05 Å². The quantitative estimate of drug-likeness (QED) is 0.510. The van der Waals surface area contributed by atoms with Crippen molar-refractivity contribution in [2.75, 3.05) is 46.9 Å². The molecule has 0 aromatic carbocycles. The Morgan fingerprint density at radius 3 is 2.56 bits per heavy atom. The van der Waals surface area contributed by atoms with Gasteiger partial charge in [-0.15, -0.1) is 0 Å². The van der Waals surface area contributed by atoms with Crippen LogP contribution in [0.4, 0.5) is 0 Å². The van der Waals surface area contributed by atoms with E-state index in [1.807, 2.05) is 14.0 Å². The fourth-order valence-electron chi connectivity index (χ4n) is 1.10. The summed E-state index contributed by atoms with van der Waals surface area (Å²) in [5.41, 5.74) is 0. The van der Waals surface area contributed by atoms with E-state index in [-0.39, 0.29) is 0 Å². The van der Waals surface area contributed by atoms with Crippen LogP contribution in [-0.4, -0.2) is 59.7 Å². The molecule has 0 rings (SSSR count). The molecule has 0 aliphatic rings. The van der Waals surface area contributed by atoms with Gasteiger partial charge in [0.15, 0.2) is 0 Å². The molecule has 16 heavy (non-hydrogen) atoms. The van der Waals surface area contributed by atoms with Crippen molar-refractivity contribution in [2.45, 2.75) is 13.3 Å². The normalized spacial score (nSPS) is 12.2. The highest BCUT2D eigenvalue weighted by Crippen LogP contribution is 1.94. The van der Waals surface area contributed by atoms with Gasteiger partial charge in [-0.25, -0.2) is 0 Å². The van der Waals surface area contributed by atoms with E-state index >= 15 is 0 Å². The lowest BCUT2D eigenvalue weighted by atomic mass is 10.4. The Morgan fingerprint density at radius 2 is 2.00 bits per heavy atom. The minimum absolute atomic E-state index is 0.312. The Balaban J connectivity index is 3.82. The molecule has 0 unspecified atom stereocenters. The van der Waals surface area contributed by atoms with Gasteiger partial charge in [0.2, 0.25) is 0 Å². The van der Waals surface area contributed by atoms with Crippen molar-refractivity contribution >= 4 is 10.2 Å². The first-order valence-electron chi connectivity index (χ1n) is 5.48. The van der Waals surface area contributed by atoms with E-state index in [0.717, 1.165) is 13.0 Å². The average molecular weight is 253 g/mol. The molecule has 2 N–H and O–H groups in total. The third-order valence-electron chi connectivity index (χ3n) is 2.05. The standard InChI is InChI=1S/C9H23N3O3S/c1-4-15-9-7-11-16(13,14)12(3)8-5-6-10-2/h10-11H,4-9H2,1-3H3. The van der Waals surface area contributed by atoms with Gasteiger partial charge in [0.1, 0.15) is 0 Å². The molecule has 0 bridgehead atoms. The lowest BCUT2D eigenvalue weighted by molar-refractivity contribution is 0.152. The molecule has 0 saturated carbocycles. The highest BCUT2D eigenvalue weighted by atomic mass is 32.2. The molecule has 0 spiro atoms. The van der Waals surface area contributed by atoms with E-state index in [4.69, 9.17) is 4.74 Å². The Kier molecular flexibility index (Phi) is 8.77. The van der Waals surface area contributed by atoms with Crippen LogP contribution in [0.15, 0.2) is 0 Å². The molecule has 0 saturated heterocycles. The second-order valence-corrected chi connectivity index (χ2v) is 5.24. The van der Waals surface area contributed by atoms with Gasteiger partial charge in [0, 0.05) is 26.7 Å². The molecular formula is C9H23N3O3S. The van der Waals surface area contributed by atoms with Crippen LogP contribution in [0.5, 0.6) is 0 Å². The lowest BCUT2D eigenvalue weighted by Gasteiger charge is -2.17. The SMILES string of the molecule is CCOCCNS(=O)(=O)N(C)CCCNC. The number of nitrogens with zero attached hydrogens (tertiary/aromatic N) is 1. The summed E-state index contributed by atoms with van der Waals surface area (Å²) in [5, 5.41) is 2.97. The van der Waals surface area contributed by atoms with Gasteiger partial charge < -0.3 is 10.1 Å². The lowest BCUT2D eigenvalue weighted by Crippen LogP contribution is -2.40. The Bertz CT molecular complexity index is 257. The zero-order valence-corrected chi connectivity index (χ0v) is 11.1. The summed E-state index contributed by atoms with van der Waals surface area (Å²) in [6.45, 7) is 4.49. The van der Waals surface area contributed by atoms with Gasteiger partial charge >= 0.3 is 0 Å². The fourth-order valence-corrected chi connectivity index (χ4v) is 2.03. The first kappa shape index (κ1) is 15.8. The van der Waals surface area contributed by atoms with Crippen LogP contribution < -0.4 is 10.0 Å². The summed E-state index contributed by atoms with van der Waals surface area (Å²) in [6.07, 6.45) is 0.791. The second kappa shape index (κ2) is 8.89. The zero-order chi connectivity index (χ0) is 12.4. The minimum Gasteiger partial charge on any atom is -0.380 e. The maximum Gasteiger partial charge on any atom is 0.279 e. The summed E-state index contributed by atoms with van der Waals surface area (Å²) >= 11 is 0. The van der Waals surface area contributed by atoms with Gasteiger partial charge in [0.25, 0.3) is 10.2 Å². The number of nitrogens with one attached hydrogen (secondary N) is 2. The van der Waals surface area contributed by atoms with Crippen LogP contribution in [0.2, 0.25) is 0 Å². The van der Waals surface area contributed by atoms with Gasteiger partial charge in [0.05, 0.1) is 6.61 Å². The van der Waals surface area contributed by atoms with Crippen molar-refractivity contribution in [1.29, 1.82) is 0 Å². The minimum atomic E-state index is -3.35. The first-order valence-corrected chi connectivity index (χ1v) is 6.92. The third kappa shape index (κ3) is 7.13. The Hall–Kier alpha value is -0.210. The number of rotatable bonds is 10. The largest absolute Gasteiger partial charge is 0.380 e. The van der Waals surface area contributed by atoms with Crippen LogP contribution >= 0.6 is 0 Å². The van der Waals surface area contributed by atoms with Gasteiger partial charge in [-0.2, -0.15) is 17.4 Å². The van der Waals surface area contributed by atoms with Crippen molar-refractivity contribution in [3.63, 3.8) is 0 Å². The van der Waals surface area contributed by atoms with Crippen LogP contribution in [0.1, 0.15) is 13.3 Å². The third-order valence-corrected chi connectivity index (χ3v) is 3.62. The van der Waals surface area contributed by atoms with Crippen LogP contribution in [-0.2, 0) is 14.9 Å². The second-order valence-electron chi connectivity index (χ2n) is 3.37. The van der Waals surface area contributed by atoms with Crippen molar-refractivity contribution in [1.82, 2.24) is 14.3 Å². The predicted molar refractivity (Wildman–Crippen MR) is 64.6 cm³/mol. The summed E-state index contributed by atoms with van der Waals surface area (Å²) in [6, 6.07) is 0. The van der Waals surface area contributed by atoms with Crippen molar-refractivity contribution < 1.29 is 13.2 Å². The molecule has 0 radical (unpaired) electrons. The van der Waals surface area contributed by atoms with E-state index in [0.29, 0.717) is 26.3 Å². The first-order chi connectivity index (χ1) is 7.54. The maximum atomic E-state index is 11.6. The Morgan fingerprint density at radius 1 is 1.31 bits per heavy atom. The molecule has 0 amide bonds. The topological polar surface area (TPSA) is 70.7 Å². The molecule has 0 aliphatic carbocycles. The maximum absolute atomic E-state index is 11.6. The molecular weight excluding hydrogens is 230 g/mol. The highest BCUT2D eigenvalue weighted by Gasteiger charge is 2.15. The predicted octanol–water partition coefficient (Wildman–Crippen LogP) is -0.601. The number of hydrogen-bond acceptors (Lipinski definition) is 4. The van der Waals surface area contributed by atoms with Crippen LogP contribution in [0, 0.1) is 0 Å². The molecule has 0 aromatic heterocycles. The van der Waals surface area contributed by atoms with E-state index in [1.165, 1.54) is 4.31 Å². The summed E-state index contributed by atoms with van der Waals surface area (Å²) in [7, 11) is 0.0646. The summed E-state index contributed by atoms with van der Waals surface area (Å²) < 4.78 is 32.1. The van der Waals surface area contributed by atoms with Gasteiger partial charge in [-0.05, 0) is 26.9 Å². The summed E-state index contributed by atoms with van der Waals surface area (Å²) in [5.74, 6) is 0. The Labute approximate surface area is 98.5 Å². The molecule has 0 aromatic rings. The smallest absolute Gasteiger partial charge is 0.279 e. The van der Waals surface area contributed by atoms with Crippen molar-refractivity contribution in [3.05, 3.63) is 0 Å². The molecule has 6 nitrogen and oxygen atoms in total. The van der Waals surface area contributed by atoms with Crippen LogP contribution in [0.25, 0.3) is 0 Å². The molecule has 98 valence electrons. The van der Waals surface area contributed by atoms with Gasteiger partial charge in [-0.3, -0.25) is 0 Å². The number of hydrogen-bond donors (Lipinski definition) is 2. The van der Waals surface area contributed by atoms with Crippen LogP contribution in [0.3, 0.4) is 0 Å². The van der Waals surface area contributed by atoms with Crippen molar-refractivity contribution in [2.24, 2.45) is 0 Å². The average Bonchev–Trinajstić information content (AvgIpc) is 2.24. The monoisotopic (exact) mass is 253 g/mol. The van der Waals surface area contributed by atoms with Crippen molar-refractivity contribution in [3.8, 4) is 0 Å². The number of ether oxygens (including phenoxy) is 1. The van der Waals surface area contributed by atoms with E-state index < -0.39 is 10.2 Å². The molecule has 0 heterocycles. The van der Waals surface area contributed by atoms with E-state index in [2.05, 4.69) is 10.0 Å². The summed E-state index contributed by atoms with van der Waals surface area (Å²) in [4.78, 5) is 0. The fraction of sp³-hybridized carbons (Fsp3) is 1.00. The molecule has 0 atom stereocenters. The highest BCUT2D eigenvalue weighted by molar-refractivity contribution is 7.87. The molecule has 7 heteroatoms. The van der Waals surface area contributed by atoms with E-state index in [9.17, 15) is 8.42 Å². The molecule has 0 aliphatic heterocycles. The zero-order valence-electron chi connectivity index (χ0n) is 10.3. The van der Waals surface area contributed by atoms with Gasteiger partial charge in [-0.1, -0.05) is 0 Å².